The summed E-state index contributed by atoms with van der Waals surface area (Å²) in [5.74, 6) is 1.50. The number of methoxy groups -OCH3 is 1. The first-order valence-electron chi connectivity index (χ1n) is 7.48. The van der Waals surface area contributed by atoms with Crippen LogP contribution in [0.4, 0.5) is 0 Å². The topological polar surface area (TPSA) is 87.2 Å². The fourth-order valence-corrected chi connectivity index (χ4v) is 1.95. The van der Waals surface area contributed by atoms with Crippen molar-refractivity contribution < 1.29 is 4.74 Å². The van der Waals surface area contributed by atoms with E-state index in [1.165, 1.54) is 6.33 Å². The van der Waals surface area contributed by atoms with Crippen molar-refractivity contribution in [2.45, 2.75) is 26.0 Å². The molecule has 124 valence electrons. The first-order chi connectivity index (χ1) is 11.0. The van der Waals surface area contributed by atoms with Crippen LogP contribution in [0.5, 0.6) is 0 Å². The molecule has 0 fully saturated rings. The number of nitrogens with zero attached hydrogens (tertiary/aromatic N) is 3. The lowest BCUT2D eigenvalue weighted by atomic mass is 10.1. The van der Waals surface area contributed by atoms with E-state index >= 15 is 0 Å². The third kappa shape index (κ3) is 5.07. The lowest BCUT2D eigenvalue weighted by Crippen LogP contribution is -2.45. The standard InChI is InChI=1S/C16H24N6O/c1-16(2,23-4)10-19-15(17-3)18-9-12-6-5-7-13(8-12)14-20-11-21-22-14/h5-8,11H,9-10H2,1-4H3,(H2,17,18,19)(H,20,21,22). The molecule has 0 atom stereocenters. The Labute approximate surface area is 136 Å². The number of aliphatic imine (C=N–C) groups is 1. The van der Waals surface area contributed by atoms with Gasteiger partial charge in [-0.25, -0.2) is 4.98 Å². The summed E-state index contributed by atoms with van der Waals surface area (Å²) < 4.78 is 5.39. The van der Waals surface area contributed by atoms with Gasteiger partial charge in [0, 0.05) is 32.8 Å². The first kappa shape index (κ1) is 17.0. The van der Waals surface area contributed by atoms with Gasteiger partial charge in [0.1, 0.15) is 6.33 Å². The Balaban J connectivity index is 1.93. The molecule has 3 N–H and O–H groups in total. The van der Waals surface area contributed by atoms with Gasteiger partial charge >= 0.3 is 0 Å². The molecule has 1 aromatic carbocycles. The summed E-state index contributed by atoms with van der Waals surface area (Å²) in [4.78, 5) is 8.39. The third-order valence-electron chi connectivity index (χ3n) is 3.53. The van der Waals surface area contributed by atoms with Crippen molar-refractivity contribution in [2.24, 2.45) is 4.99 Å². The molecule has 0 spiro atoms. The number of nitrogens with one attached hydrogen (secondary N) is 3. The number of aromatic nitrogens is 3. The Hall–Kier alpha value is -2.41. The highest BCUT2D eigenvalue weighted by molar-refractivity contribution is 5.79. The number of benzene rings is 1. The van der Waals surface area contributed by atoms with E-state index in [4.69, 9.17) is 4.74 Å². The molecule has 0 unspecified atom stereocenters. The van der Waals surface area contributed by atoms with Crippen LogP contribution in [0.1, 0.15) is 19.4 Å². The smallest absolute Gasteiger partial charge is 0.191 e. The molecule has 2 rings (SSSR count). The minimum atomic E-state index is -0.246. The summed E-state index contributed by atoms with van der Waals surface area (Å²) in [7, 11) is 3.45. The van der Waals surface area contributed by atoms with E-state index in [2.05, 4.69) is 42.9 Å². The van der Waals surface area contributed by atoms with Crippen LogP contribution in [0.2, 0.25) is 0 Å². The Morgan fingerprint density at radius 3 is 2.83 bits per heavy atom. The highest BCUT2D eigenvalue weighted by Gasteiger charge is 2.16. The van der Waals surface area contributed by atoms with Crippen LogP contribution >= 0.6 is 0 Å². The molecule has 2 aromatic rings. The second-order valence-corrected chi connectivity index (χ2v) is 5.78. The summed E-state index contributed by atoms with van der Waals surface area (Å²) in [6.45, 7) is 5.37. The predicted molar refractivity (Wildman–Crippen MR) is 91.1 cm³/mol. The highest BCUT2D eigenvalue weighted by atomic mass is 16.5. The summed E-state index contributed by atoms with van der Waals surface area (Å²) in [6, 6.07) is 8.12. The Morgan fingerprint density at radius 1 is 1.35 bits per heavy atom. The number of ether oxygens (including phenoxy) is 1. The van der Waals surface area contributed by atoms with Crippen molar-refractivity contribution in [3.63, 3.8) is 0 Å². The van der Waals surface area contributed by atoms with Crippen LogP contribution in [-0.2, 0) is 11.3 Å². The molecular formula is C16H24N6O. The molecule has 23 heavy (non-hydrogen) atoms. The average Bonchev–Trinajstić information content (AvgIpc) is 3.10. The fourth-order valence-electron chi connectivity index (χ4n) is 1.95. The molecule has 0 aliphatic heterocycles. The molecule has 0 amide bonds. The zero-order valence-electron chi connectivity index (χ0n) is 14.1. The maximum Gasteiger partial charge on any atom is 0.191 e. The fraction of sp³-hybridized carbons (Fsp3) is 0.438. The van der Waals surface area contributed by atoms with Gasteiger partial charge in [-0.2, -0.15) is 5.10 Å². The van der Waals surface area contributed by atoms with Gasteiger partial charge in [-0.05, 0) is 25.5 Å². The van der Waals surface area contributed by atoms with Crippen LogP contribution in [0, 0.1) is 0 Å². The van der Waals surface area contributed by atoms with E-state index in [1.54, 1.807) is 14.2 Å². The minimum absolute atomic E-state index is 0.246. The van der Waals surface area contributed by atoms with E-state index in [1.807, 2.05) is 26.0 Å². The van der Waals surface area contributed by atoms with Crippen LogP contribution in [0.25, 0.3) is 11.4 Å². The SMILES string of the molecule is CN=C(NCc1cccc(-c2ncn[nH]2)c1)NCC(C)(C)OC. The van der Waals surface area contributed by atoms with E-state index in [0.29, 0.717) is 13.1 Å². The van der Waals surface area contributed by atoms with Crippen LogP contribution < -0.4 is 10.6 Å². The number of guanidine groups is 1. The molecule has 7 nitrogen and oxygen atoms in total. The first-order valence-corrected chi connectivity index (χ1v) is 7.48. The van der Waals surface area contributed by atoms with Gasteiger partial charge in [0.2, 0.25) is 0 Å². The average molecular weight is 316 g/mol. The Bertz CT molecular complexity index is 636. The predicted octanol–water partition coefficient (Wildman–Crippen LogP) is 1.56. The van der Waals surface area contributed by atoms with Gasteiger partial charge in [0.05, 0.1) is 5.60 Å². The summed E-state index contributed by atoms with van der Waals surface area (Å²) in [5, 5.41) is 13.3. The van der Waals surface area contributed by atoms with Gasteiger partial charge in [-0.1, -0.05) is 18.2 Å². The van der Waals surface area contributed by atoms with Crippen molar-refractivity contribution in [1.29, 1.82) is 0 Å². The highest BCUT2D eigenvalue weighted by Crippen LogP contribution is 2.15. The second-order valence-electron chi connectivity index (χ2n) is 5.78. The lowest BCUT2D eigenvalue weighted by Gasteiger charge is -2.24. The molecule has 1 heterocycles. The van der Waals surface area contributed by atoms with Crippen LogP contribution in [0.3, 0.4) is 0 Å². The maximum absolute atomic E-state index is 5.39. The van der Waals surface area contributed by atoms with Crippen molar-refractivity contribution in [2.75, 3.05) is 20.7 Å². The Morgan fingerprint density at radius 2 is 2.17 bits per heavy atom. The maximum atomic E-state index is 5.39. The van der Waals surface area contributed by atoms with Crippen LogP contribution in [0.15, 0.2) is 35.6 Å². The molecule has 0 saturated carbocycles. The van der Waals surface area contributed by atoms with Crippen LogP contribution in [-0.4, -0.2) is 47.4 Å². The van der Waals surface area contributed by atoms with Crippen molar-refractivity contribution in [3.8, 4) is 11.4 Å². The molecule has 0 radical (unpaired) electrons. The molecule has 7 heteroatoms. The number of aromatic amines is 1. The largest absolute Gasteiger partial charge is 0.377 e. The third-order valence-corrected chi connectivity index (χ3v) is 3.53. The van der Waals surface area contributed by atoms with Gasteiger partial charge in [-0.15, -0.1) is 0 Å². The zero-order chi connectivity index (χ0) is 16.7. The number of H-pyrrole nitrogens is 1. The quantitative estimate of drug-likeness (QED) is 0.556. The summed E-state index contributed by atoms with van der Waals surface area (Å²) >= 11 is 0. The number of rotatable bonds is 6. The van der Waals surface area contributed by atoms with Gasteiger partial charge in [0.15, 0.2) is 11.8 Å². The number of hydrogen-bond donors (Lipinski definition) is 3. The minimum Gasteiger partial charge on any atom is -0.377 e. The van der Waals surface area contributed by atoms with Gasteiger partial charge in [0.25, 0.3) is 0 Å². The molecule has 0 aliphatic rings. The normalized spacial score (nSPS) is 12.3. The van der Waals surface area contributed by atoms with E-state index in [9.17, 15) is 0 Å². The summed E-state index contributed by atoms with van der Waals surface area (Å²) in [6.07, 6.45) is 1.50. The summed E-state index contributed by atoms with van der Waals surface area (Å²) in [5.41, 5.74) is 1.89. The van der Waals surface area contributed by atoms with E-state index in [-0.39, 0.29) is 5.60 Å². The number of hydrogen-bond acceptors (Lipinski definition) is 4. The zero-order valence-corrected chi connectivity index (χ0v) is 14.1. The molecule has 1 aromatic heterocycles. The monoisotopic (exact) mass is 316 g/mol. The van der Waals surface area contributed by atoms with Crippen molar-refractivity contribution >= 4 is 5.96 Å². The van der Waals surface area contributed by atoms with E-state index in [0.717, 1.165) is 22.9 Å². The van der Waals surface area contributed by atoms with E-state index < -0.39 is 0 Å². The molecule has 0 saturated heterocycles. The van der Waals surface area contributed by atoms with Gasteiger partial charge in [-0.3, -0.25) is 10.1 Å². The molecule has 0 bridgehead atoms. The molecule has 0 aliphatic carbocycles. The van der Waals surface area contributed by atoms with Crippen molar-refractivity contribution in [3.05, 3.63) is 36.2 Å². The van der Waals surface area contributed by atoms with Gasteiger partial charge < -0.3 is 15.4 Å². The lowest BCUT2D eigenvalue weighted by molar-refractivity contribution is 0.0268. The Kier molecular flexibility index (Phi) is 5.70. The van der Waals surface area contributed by atoms with Crippen molar-refractivity contribution in [1.82, 2.24) is 25.8 Å². The second kappa shape index (κ2) is 7.73. The molecular weight excluding hydrogens is 292 g/mol.